The molecule has 0 aliphatic carbocycles. The minimum absolute atomic E-state index is 0.0953. The van der Waals surface area contributed by atoms with E-state index in [1.54, 1.807) is 6.07 Å². The standard InChI is InChI=1S/C22H19ClF4N4O2/c23-19-17(12-30-31(20(19)32)18-5-4-15(11-28-18)22(25,26)27)29-13-21(6-8-33-9-7-21)14-2-1-3-16(24)10-14/h1-5,10-12,29H,6-9,13H2. The number of hydrogen-bond acceptors (Lipinski definition) is 5. The van der Waals surface area contributed by atoms with Crippen LogP contribution in [0.4, 0.5) is 23.2 Å². The van der Waals surface area contributed by atoms with Crippen LogP contribution in [0.25, 0.3) is 5.82 Å². The Bertz CT molecular complexity index is 1190. The summed E-state index contributed by atoms with van der Waals surface area (Å²) in [5.41, 5.74) is -1.05. The van der Waals surface area contributed by atoms with Gasteiger partial charge in [0.05, 0.1) is 17.4 Å². The number of ether oxygens (including phenoxy) is 1. The van der Waals surface area contributed by atoms with Gasteiger partial charge in [-0.25, -0.2) is 9.37 Å². The second-order valence-corrected chi connectivity index (χ2v) is 8.13. The van der Waals surface area contributed by atoms with Gasteiger partial charge < -0.3 is 10.1 Å². The third-order valence-corrected chi connectivity index (χ3v) is 6.08. The van der Waals surface area contributed by atoms with Gasteiger partial charge in [-0.05, 0) is 42.7 Å². The quantitative estimate of drug-likeness (QED) is 0.538. The second-order valence-electron chi connectivity index (χ2n) is 7.75. The molecular weight excluding hydrogens is 464 g/mol. The number of benzene rings is 1. The van der Waals surface area contributed by atoms with Crippen molar-refractivity contribution < 1.29 is 22.3 Å². The molecule has 0 spiro atoms. The van der Waals surface area contributed by atoms with Crippen molar-refractivity contribution >= 4 is 17.3 Å². The van der Waals surface area contributed by atoms with Crippen molar-refractivity contribution in [1.29, 1.82) is 0 Å². The van der Waals surface area contributed by atoms with E-state index in [-0.39, 0.29) is 22.3 Å². The van der Waals surface area contributed by atoms with Crippen LogP contribution < -0.4 is 10.9 Å². The maximum Gasteiger partial charge on any atom is 0.417 e. The van der Waals surface area contributed by atoms with Crippen LogP contribution in [-0.4, -0.2) is 34.5 Å². The third-order valence-electron chi connectivity index (χ3n) is 5.72. The number of nitrogens with one attached hydrogen (secondary N) is 1. The molecule has 0 bridgehead atoms. The molecule has 0 amide bonds. The number of halogens is 5. The molecule has 0 saturated carbocycles. The van der Waals surface area contributed by atoms with Crippen LogP contribution in [0.5, 0.6) is 0 Å². The summed E-state index contributed by atoms with van der Waals surface area (Å²) in [7, 11) is 0. The molecule has 2 aromatic heterocycles. The average Bonchev–Trinajstić information content (AvgIpc) is 2.80. The number of aromatic nitrogens is 3. The van der Waals surface area contributed by atoms with Crippen molar-refractivity contribution in [2.24, 2.45) is 0 Å². The van der Waals surface area contributed by atoms with Crippen LogP contribution in [0.1, 0.15) is 24.0 Å². The number of hydrogen-bond donors (Lipinski definition) is 1. The Balaban J connectivity index is 1.59. The Morgan fingerprint density at radius 1 is 1.15 bits per heavy atom. The first-order chi connectivity index (χ1) is 15.7. The van der Waals surface area contributed by atoms with Gasteiger partial charge in [-0.2, -0.15) is 23.0 Å². The molecule has 1 N–H and O–H groups in total. The highest BCUT2D eigenvalue weighted by Crippen LogP contribution is 2.36. The summed E-state index contributed by atoms with van der Waals surface area (Å²) < 4.78 is 58.4. The van der Waals surface area contributed by atoms with Crippen LogP contribution in [0, 0.1) is 5.82 Å². The maximum atomic E-state index is 13.9. The van der Waals surface area contributed by atoms with E-state index in [0.717, 1.165) is 22.4 Å². The van der Waals surface area contributed by atoms with Crippen LogP contribution >= 0.6 is 11.6 Å². The molecule has 0 atom stereocenters. The largest absolute Gasteiger partial charge is 0.417 e. The first-order valence-corrected chi connectivity index (χ1v) is 10.5. The zero-order valence-electron chi connectivity index (χ0n) is 17.2. The number of pyridine rings is 1. The second kappa shape index (κ2) is 9.11. The Labute approximate surface area is 191 Å². The predicted molar refractivity (Wildman–Crippen MR) is 114 cm³/mol. The summed E-state index contributed by atoms with van der Waals surface area (Å²) in [6.07, 6.45) is -1.34. The molecule has 1 aliphatic heterocycles. The van der Waals surface area contributed by atoms with Gasteiger partial charge in [0, 0.05) is 31.4 Å². The summed E-state index contributed by atoms with van der Waals surface area (Å²) in [6, 6.07) is 8.21. The Morgan fingerprint density at radius 3 is 2.55 bits per heavy atom. The van der Waals surface area contributed by atoms with Gasteiger partial charge in [0.25, 0.3) is 5.56 Å². The third kappa shape index (κ3) is 4.86. The lowest BCUT2D eigenvalue weighted by atomic mass is 9.74. The average molecular weight is 483 g/mol. The highest BCUT2D eigenvalue weighted by atomic mass is 35.5. The SMILES string of the molecule is O=c1c(Cl)c(NCC2(c3cccc(F)c3)CCOCC2)cnn1-c1ccc(C(F)(F)F)cn1. The molecule has 4 rings (SSSR count). The highest BCUT2D eigenvalue weighted by molar-refractivity contribution is 6.32. The maximum absolute atomic E-state index is 13.9. The number of anilines is 1. The fourth-order valence-electron chi connectivity index (χ4n) is 3.81. The molecule has 1 saturated heterocycles. The molecule has 11 heteroatoms. The Morgan fingerprint density at radius 2 is 1.91 bits per heavy atom. The molecule has 6 nitrogen and oxygen atoms in total. The highest BCUT2D eigenvalue weighted by Gasteiger charge is 2.35. The van der Waals surface area contributed by atoms with E-state index < -0.39 is 22.7 Å². The topological polar surface area (TPSA) is 69.0 Å². The molecule has 0 unspecified atom stereocenters. The lowest BCUT2D eigenvalue weighted by Crippen LogP contribution is -2.40. The summed E-state index contributed by atoms with van der Waals surface area (Å²) >= 11 is 6.26. The van der Waals surface area contributed by atoms with Crippen molar-refractivity contribution in [1.82, 2.24) is 14.8 Å². The lowest BCUT2D eigenvalue weighted by molar-refractivity contribution is -0.137. The monoisotopic (exact) mass is 482 g/mol. The molecule has 1 aromatic carbocycles. The summed E-state index contributed by atoms with van der Waals surface area (Å²) in [4.78, 5) is 16.4. The normalized spacial score (nSPS) is 15.9. The van der Waals surface area contributed by atoms with Crippen molar-refractivity contribution in [3.05, 3.63) is 81.1 Å². The smallest absolute Gasteiger partial charge is 0.381 e. The Kier molecular flexibility index (Phi) is 6.40. The van der Waals surface area contributed by atoms with Gasteiger partial charge in [0.15, 0.2) is 5.82 Å². The van der Waals surface area contributed by atoms with E-state index in [1.165, 1.54) is 18.3 Å². The van der Waals surface area contributed by atoms with Crippen molar-refractivity contribution in [2.45, 2.75) is 24.4 Å². The van der Waals surface area contributed by atoms with Crippen LogP contribution in [-0.2, 0) is 16.3 Å². The molecule has 3 aromatic rings. The van der Waals surface area contributed by atoms with E-state index in [4.69, 9.17) is 16.3 Å². The molecule has 33 heavy (non-hydrogen) atoms. The molecule has 0 radical (unpaired) electrons. The lowest BCUT2D eigenvalue weighted by Gasteiger charge is -2.38. The van der Waals surface area contributed by atoms with Crippen molar-refractivity contribution in [3.63, 3.8) is 0 Å². The summed E-state index contributed by atoms with van der Waals surface area (Å²) in [5, 5.41) is 6.95. The van der Waals surface area contributed by atoms with E-state index in [1.807, 2.05) is 6.07 Å². The first kappa shape index (κ1) is 23.2. The van der Waals surface area contributed by atoms with E-state index >= 15 is 0 Å². The summed E-state index contributed by atoms with van der Waals surface area (Å²) in [6.45, 7) is 1.36. The fourth-order valence-corrected chi connectivity index (χ4v) is 4.01. The molecule has 1 aliphatic rings. The zero-order chi connectivity index (χ0) is 23.6. The first-order valence-electron chi connectivity index (χ1n) is 10.1. The zero-order valence-corrected chi connectivity index (χ0v) is 18.0. The number of nitrogens with zero attached hydrogens (tertiary/aromatic N) is 3. The Hall–Kier alpha value is -2.98. The molecule has 1 fully saturated rings. The minimum Gasteiger partial charge on any atom is -0.381 e. The van der Waals surface area contributed by atoms with Gasteiger partial charge in [-0.1, -0.05) is 23.7 Å². The van der Waals surface area contributed by atoms with Crippen LogP contribution in [0.3, 0.4) is 0 Å². The van der Waals surface area contributed by atoms with Gasteiger partial charge in [0.2, 0.25) is 0 Å². The minimum atomic E-state index is -4.54. The predicted octanol–water partition coefficient (Wildman–Crippen LogP) is 4.60. The van der Waals surface area contributed by atoms with Crippen LogP contribution in [0.2, 0.25) is 5.02 Å². The van der Waals surface area contributed by atoms with Gasteiger partial charge in [0.1, 0.15) is 10.8 Å². The molecule has 3 heterocycles. The van der Waals surface area contributed by atoms with Gasteiger partial charge in [-0.15, -0.1) is 0 Å². The van der Waals surface area contributed by atoms with Gasteiger partial charge >= 0.3 is 6.18 Å². The van der Waals surface area contributed by atoms with Crippen molar-refractivity contribution in [3.8, 4) is 5.82 Å². The van der Waals surface area contributed by atoms with Crippen LogP contribution in [0.15, 0.2) is 53.6 Å². The van der Waals surface area contributed by atoms with Crippen molar-refractivity contribution in [2.75, 3.05) is 25.1 Å². The van der Waals surface area contributed by atoms with E-state index in [0.29, 0.717) is 38.8 Å². The number of alkyl halides is 3. The molecular formula is C22H19ClF4N4O2. The number of rotatable bonds is 5. The molecule has 174 valence electrons. The van der Waals surface area contributed by atoms with E-state index in [2.05, 4.69) is 15.4 Å². The van der Waals surface area contributed by atoms with E-state index in [9.17, 15) is 22.4 Å². The van der Waals surface area contributed by atoms with Gasteiger partial charge in [-0.3, -0.25) is 4.79 Å². The fraction of sp³-hybridized carbons (Fsp3) is 0.318. The summed E-state index contributed by atoms with van der Waals surface area (Å²) in [5.74, 6) is -0.438.